The predicted octanol–water partition coefficient (Wildman–Crippen LogP) is 2.34. The molecule has 5 nitrogen and oxygen atoms in total. The Morgan fingerprint density at radius 2 is 2.06 bits per heavy atom. The molecule has 1 saturated carbocycles. The summed E-state index contributed by atoms with van der Waals surface area (Å²) in [6.45, 7) is 3.79. The fourth-order valence-electron chi connectivity index (χ4n) is 2.46. The van der Waals surface area contributed by atoms with Crippen molar-refractivity contribution in [2.75, 3.05) is 18.5 Å². The smallest absolute Gasteiger partial charge is 0.318 e. The van der Waals surface area contributed by atoms with Gasteiger partial charge in [-0.25, -0.2) is 0 Å². The Bertz CT molecular complexity index is 347. The zero-order chi connectivity index (χ0) is 12.8. The third kappa shape index (κ3) is 3.45. The van der Waals surface area contributed by atoms with Crippen molar-refractivity contribution in [3.63, 3.8) is 0 Å². The van der Waals surface area contributed by atoms with Crippen LogP contribution >= 0.6 is 0 Å². The van der Waals surface area contributed by atoms with E-state index in [-0.39, 0.29) is 0 Å². The quantitative estimate of drug-likeness (QED) is 0.788. The van der Waals surface area contributed by atoms with Crippen LogP contribution in [-0.4, -0.2) is 29.8 Å². The average Bonchev–Trinajstić information content (AvgIpc) is 2.88. The Morgan fingerprint density at radius 1 is 1.28 bits per heavy atom. The molecule has 2 rings (SSSR count). The molecule has 1 N–H and O–H groups in total. The van der Waals surface area contributed by atoms with Gasteiger partial charge >= 0.3 is 6.01 Å². The lowest BCUT2D eigenvalue weighted by molar-refractivity contribution is 0.396. The molecule has 1 aromatic rings. The number of nitrogens with zero attached hydrogens (tertiary/aromatic N) is 3. The van der Waals surface area contributed by atoms with Gasteiger partial charge in [-0.3, -0.25) is 0 Å². The Morgan fingerprint density at radius 3 is 2.78 bits per heavy atom. The Kier molecular flexibility index (Phi) is 4.99. The molecular formula is C13H24N4O. The highest BCUT2D eigenvalue weighted by Crippen LogP contribution is 2.25. The van der Waals surface area contributed by atoms with Gasteiger partial charge in [0.2, 0.25) is 5.89 Å². The summed E-state index contributed by atoms with van der Waals surface area (Å²) in [4.78, 5) is 2.15. The summed E-state index contributed by atoms with van der Waals surface area (Å²) in [5.41, 5.74) is 0. The molecule has 0 radical (unpaired) electrons. The van der Waals surface area contributed by atoms with E-state index in [9.17, 15) is 0 Å². The van der Waals surface area contributed by atoms with Gasteiger partial charge in [-0.05, 0) is 25.8 Å². The molecule has 0 bridgehead atoms. The van der Waals surface area contributed by atoms with Gasteiger partial charge in [0.05, 0.1) is 6.54 Å². The van der Waals surface area contributed by atoms with Crippen LogP contribution in [0.4, 0.5) is 6.01 Å². The van der Waals surface area contributed by atoms with E-state index < -0.39 is 0 Å². The van der Waals surface area contributed by atoms with Crippen molar-refractivity contribution in [2.24, 2.45) is 0 Å². The predicted molar refractivity (Wildman–Crippen MR) is 71.6 cm³/mol. The second-order valence-electron chi connectivity index (χ2n) is 5.06. The van der Waals surface area contributed by atoms with Crippen molar-refractivity contribution in [3.05, 3.63) is 5.89 Å². The lowest BCUT2D eigenvalue weighted by Crippen LogP contribution is -2.33. The largest absolute Gasteiger partial charge is 0.407 e. The van der Waals surface area contributed by atoms with Gasteiger partial charge in [0, 0.05) is 13.1 Å². The molecule has 102 valence electrons. The van der Waals surface area contributed by atoms with Crippen LogP contribution in [0.3, 0.4) is 0 Å². The highest BCUT2D eigenvalue weighted by atomic mass is 16.4. The van der Waals surface area contributed by atoms with Gasteiger partial charge in [0.1, 0.15) is 0 Å². The molecule has 1 aliphatic rings. The second kappa shape index (κ2) is 6.73. The molecule has 1 fully saturated rings. The first-order chi connectivity index (χ1) is 8.81. The summed E-state index contributed by atoms with van der Waals surface area (Å²) < 4.78 is 5.69. The first kappa shape index (κ1) is 13.3. The molecule has 1 aliphatic carbocycles. The van der Waals surface area contributed by atoms with Gasteiger partial charge < -0.3 is 14.6 Å². The lowest BCUT2D eigenvalue weighted by Gasteiger charge is -2.29. The Labute approximate surface area is 109 Å². The van der Waals surface area contributed by atoms with Crippen LogP contribution < -0.4 is 10.2 Å². The van der Waals surface area contributed by atoms with E-state index in [4.69, 9.17) is 4.42 Å². The van der Waals surface area contributed by atoms with Gasteiger partial charge in [-0.2, -0.15) is 0 Å². The van der Waals surface area contributed by atoms with Crippen LogP contribution in [0.1, 0.15) is 51.3 Å². The maximum atomic E-state index is 5.69. The highest BCUT2D eigenvalue weighted by molar-refractivity contribution is 5.24. The summed E-state index contributed by atoms with van der Waals surface area (Å²) in [6.07, 6.45) is 7.58. The fraction of sp³-hybridized carbons (Fsp3) is 0.846. The number of aromatic nitrogens is 2. The number of anilines is 1. The standard InChI is InChI=1S/C13H24N4O/c1-3-9-14-10-12-15-16-13(18-12)17(2)11-7-5-4-6-8-11/h11,14H,3-10H2,1-2H3. The molecule has 1 heterocycles. The summed E-state index contributed by atoms with van der Waals surface area (Å²) in [6, 6.07) is 1.23. The molecule has 0 aliphatic heterocycles. The summed E-state index contributed by atoms with van der Waals surface area (Å²) in [5, 5.41) is 11.5. The molecule has 0 amide bonds. The van der Waals surface area contributed by atoms with Crippen LogP contribution in [0.25, 0.3) is 0 Å². The first-order valence-electron chi connectivity index (χ1n) is 7.07. The van der Waals surface area contributed by atoms with Gasteiger partial charge in [0.25, 0.3) is 0 Å². The van der Waals surface area contributed by atoms with Crippen molar-refractivity contribution in [1.29, 1.82) is 0 Å². The Balaban J connectivity index is 1.87. The van der Waals surface area contributed by atoms with Crippen molar-refractivity contribution < 1.29 is 4.42 Å². The zero-order valence-electron chi connectivity index (χ0n) is 11.5. The van der Waals surface area contributed by atoms with Crippen molar-refractivity contribution in [3.8, 4) is 0 Å². The second-order valence-corrected chi connectivity index (χ2v) is 5.06. The van der Waals surface area contributed by atoms with Crippen molar-refractivity contribution >= 4 is 6.01 Å². The van der Waals surface area contributed by atoms with Gasteiger partial charge in [0.15, 0.2) is 0 Å². The zero-order valence-corrected chi connectivity index (χ0v) is 11.5. The highest BCUT2D eigenvalue weighted by Gasteiger charge is 2.21. The number of hydrogen-bond acceptors (Lipinski definition) is 5. The number of nitrogens with one attached hydrogen (secondary N) is 1. The lowest BCUT2D eigenvalue weighted by atomic mass is 9.95. The van der Waals surface area contributed by atoms with Crippen LogP contribution in [0.2, 0.25) is 0 Å². The number of rotatable bonds is 6. The molecule has 18 heavy (non-hydrogen) atoms. The molecule has 5 heteroatoms. The molecule has 1 aromatic heterocycles. The maximum Gasteiger partial charge on any atom is 0.318 e. The van der Waals surface area contributed by atoms with Crippen LogP contribution in [0.5, 0.6) is 0 Å². The van der Waals surface area contributed by atoms with E-state index in [0.717, 1.165) is 13.0 Å². The third-order valence-electron chi connectivity index (χ3n) is 3.58. The van der Waals surface area contributed by atoms with E-state index in [1.54, 1.807) is 0 Å². The molecular weight excluding hydrogens is 228 g/mol. The van der Waals surface area contributed by atoms with E-state index in [2.05, 4.69) is 34.4 Å². The first-order valence-corrected chi connectivity index (χ1v) is 7.07. The molecule has 0 saturated heterocycles. The van der Waals surface area contributed by atoms with Crippen LogP contribution in [0, 0.1) is 0 Å². The van der Waals surface area contributed by atoms with Crippen LogP contribution in [0.15, 0.2) is 4.42 Å². The Hall–Kier alpha value is -1.10. The molecule has 0 atom stereocenters. The maximum absolute atomic E-state index is 5.69. The van der Waals surface area contributed by atoms with Gasteiger partial charge in [-0.15, -0.1) is 5.10 Å². The summed E-state index contributed by atoms with van der Waals surface area (Å²) in [7, 11) is 2.06. The molecule has 0 aromatic carbocycles. The third-order valence-corrected chi connectivity index (χ3v) is 3.58. The fourth-order valence-corrected chi connectivity index (χ4v) is 2.46. The van der Waals surface area contributed by atoms with Crippen LogP contribution in [-0.2, 0) is 6.54 Å². The monoisotopic (exact) mass is 252 g/mol. The van der Waals surface area contributed by atoms with Crippen molar-refractivity contribution in [2.45, 2.75) is 58.0 Å². The molecule has 0 spiro atoms. The average molecular weight is 252 g/mol. The minimum Gasteiger partial charge on any atom is -0.407 e. The van der Waals surface area contributed by atoms with E-state index in [1.165, 1.54) is 32.1 Å². The van der Waals surface area contributed by atoms with E-state index >= 15 is 0 Å². The van der Waals surface area contributed by atoms with E-state index in [1.807, 2.05) is 0 Å². The summed E-state index contributed by atoms with van der Waals surface area (Å²) >= 11 is 0. The normalized spacial score (nSPS) is 17.0. The minimum absolute atomic E-state index is 0.565. The summed E-state index contributed by atoms with van der Waals surface area (Å²) in [5.74, 6) is 0.682. The SMILES string of the molecule is CCCNCc1nnc(N(C)C2CCCCC2)o1. The number of hydrogen-bond donors (Lipinski definition) is 1. The van der Waals surface area contributed by atoms with Gasteiger partial charge in [-0.1, -0.05) is 31.3 Å². The minimum atomic E-state index is 0.565. The molecule has 0 unspecified atom stereocenters. The topological polar surface area (TPSA) is 54.2 Å². The van der Waals surface area contributed by atoms with Crippen molar-refractivity contribution in [1.82, 2.24) is 15.5 Å². The van der Waals surface area contributed by atoms with E-state index in [0.29, 0.717) is 24.5 Å².